The highest BCUT2D eigenvalue weighted by Crippen LogP contribution is 2.32. The lowest BCUT2D eigenvalue weighted by atomic mass is 10.1. The number of imide groups is 1. The molecule has 1 aliphatic heterocycles. The molecular weight excluding hydrogens is 472 g/mol. The van der Waals surface area contributed by atoms with Gasteiger partial charge in [0.1, 0.15) is 18.9 Å². The van der Waals surface area contributed by atoms with Gasteiger partial charge in [-0.05, 0) is 79.9 Å². The summed E-state index contributed by atoms with van der Waals surface area (Å²) in [7, 11) is 0. The second kappa shape index (κ2) is 10.8. The van der Waals surface area contributed by atoms with Crippen molar-refractivity contribution >= 4 is 40.6 Å². The Morgan fingerprint density at radius 3 is 2.31 bits per heavy atom. The number of nitrogens with one attached hydrogen (secondary N) is 1. The first-order valence-corrected chi connectivity index (χ1v) is 12.4. The highest BCUT2D eigenvalue weighted by molar-refractivity contribution is 8.18. The van der Waals surface area contributed by atoms with E-state index in [0.717, 1.165) is 44.5 Å². The van der Waals surface area contributed by atoms with Crippen LogP contribution in [0.2, 0.25) is 0 Å². The molecule has 3 aromatic carbocycles. The molecule has 1 N–H and O–H groups in total. The van der Waals surface area contributed by atoms with Crippen molar-refractivity contribution in [3.8, 4) is 5.75 Å². The van der Waals surface area contributed by atoms with Gasteiger partial charge in [-0.25, -0.2) is 0 Å². The van der Waals surface area contributed by atoms with Crippen LogP contribution in [-0.2, 0) is 16.2 Å². The number of aryl methyl sites for hydroxylation is 4. The molecule has 1 saturated heterocycles. The van der Waals surface area contributed by atoms with Crippen LogP contribution in [0.3, 0.4) is 0 Å². The van der Waals surface area contributed by atoms with E-state index in [1.54, 1.807) is 6.08 Å². The number of benzene rings is 3. The average Bonchev–Trinajstić information content (AvgIpc) is 3.08. The zero-order chi connectivity index (χ0) is 25.8. The maximum atomic E-state index is 12.9. The number of anilines is 1. The van der Waals surface area contributed by atoms with Crippen molar-refractivity contribution in [2.75, 3.05) is 11.9 Å². The number of hydrogen-bond donors (Lipinski definition) is 1. The molecule has 0 saturated carbocycles. The van der Waals surface area contributed by atoms with E-state index in [1.165, 1.54) is 5.56 Å². The van der Waals surface area contributed by atoms with Gasteiger partial charge in [0, 0.05) is 5.69 Å². The monoisotopic (exact) mass is 500 g/mol. The van der Waals surface area contributed by atoms with Crippen LogP contribution in [0.5, 0.6) is 5.75 Å². The van der Waals surface area contributed by atoms with Crippen LogP contribution in [0.15, 0.2) is 65.6 Å². The van der Waals surface area contributed by atoms with Crippen molar-refractivity contribution in [3.05, 3.63) is 98.9 Å². The standard InChI is InChI=1S/C29H28N2O4S/c1-18-6-5-7-23(14-18)17-35-24-10-8-22(9-11-24)15-25-28(33)31(29(34)36-25)16-26(32)30-27-20(3)12-19(2)13-21(27)4/h5-15H,16-17H2,1-4H3,(H,30,32)/b25-15+. The molecule has 0 radical (unpaired) electrons. The van der Waals surface area contributed by atoms with Crippen LogP contribution in [-0.4, -0.2) is 28.5 Å². The Kier molecular flexibility index (Phi) is 7.60. The molecule has 36 heavy (non-hydrogen) atoms. The Balaban J connectivity index is 1.38. The van der Waals surface area contributed by atoms with E-state index in [9.17, 15) is 14.4 Å². The maximum Gasteiger partial charge on any atom is 0.294 e. The molecule has 184 valence electrons. The largest absolute Gasteiger partial charge is 0.489 e. The Morgan fingerprint density at radius 2 is 1.64 bits per heavy atom. The summed E-state index contributed by atoms with van der Waals surface area (Å²) in [5.41, 5.74) is 6.70. The second-order valence-electron chi connectivity index (χ2n) is 8.94. The van der Waals surface area contributed by atoms with Crippen LogP contribution in [0.1, 0.15) is 33.4 Å². The van der Waals surface area contributed by atoms with Crippen LogP contribution >= 0.6 is 11.8 Å². The summed E-state index contributed by atoms with van der Waals surface area (Å²) < 4.78 is 5.84. The highest BCUT2D eigenvalue weighted by atomic mass is 32.2. The Hall–Kier alpha value is -3.84. The van der Waals surface area contributed by atoms with Gasteiger partial charge in [-0.3, -0.25) is 19.3 Å². The first kappa shape index (κ1) is 25.3. The summed E-state index contributed by atoms with van der Waals surface area (Å²) in [6.07, 6.45) is 1.65. The Morgan fingerprint density at radius 1 is 0.944 bits per heavy atom. The summed E-state index contributed by atoms with van der Waals surface area (Å²) in [6, 6.07) is 19.4. The molecule has 0 unspecified atom stereocenters. The normalized spacial score (nSPS) is 14.4. The van der Waals surface area contributed by atoms with Gasteiger partial charge in [-0.2, -0.15) is 0 Å². The van der Waals surface area contributed by atoms with Crippen LogP contribution in [0.4, 0.5) is 10.5 Å². The lowest BCUT2D eigenvalue weighted by Crippen LogP contribution is -2.36. The maximum absolute atomic E-state index is 12.9. The minimum Gasteiger partial charge on any atom is -0.489 e. The van der Waals surface area contributed by atoms with Crippen molar-refractivity contribution in [1.29, 1.82) is 0 Å². The van der Waals surface area contributed by atoms with Gasteiger partial charge in [0.15, 0.2) is 0 Å². The fraction of sp³-hybridized carbons (Fsp3) is 0.207. The minimum absolute atomic E-state index is 0.281. The molecule has 0 spiro atoms. The molecule has 7 heteroatoms. The SMILES string of the molecule is Cc1cccc(COc2ccc(/C=C3/SC(=O)N(CC(=O)Nc4c(C)cc(C)cc4C)C3=O)cc2)c1. The zero-order valence-electron chi connectivity index (χ0n) is 20.8. The summed E-state index contributed by atoms with van der Waals surface area (Å²) in [4.78, 5) is 39.2. The summed E-state index contributed by atoms with van der Waals surface area (Å²) in [6.45, 7) is 7.99. The Bertz CT molecular complexity index is 1340. The summed E-state index contributed by atoms with van der Waals surface area (Å²) in [5, 5.41) is 2.38. The van der Waals surface area contributed by atoms with Gasteiger partial charge < -0.3 is 10.1 Å². The van der Waals surface area contributed by atoms with E-state index in [1.807, 2.05) is 82.3 Å². The minimum atomic E-state index is -0.475. The fourth-order valence-electron chi connectivity index (χ4n) is 4.12. The Labute approximate surface area is 215 Å². The molecule has 6 nitrogen and oxygen atoms in total. The van der Waals surface area contributed by atoms with E-state index in [2.05, 4.69) is 11.4 Å². The molecule has 0 aliphatic carbocycles. The van der Waals surface area contributed by atoms with Crippen molar-refractivity contribution in [1.82, 2.24) is 4.90 Å². The first-order chi connectivity index (χ1) is 17.2. The number of ether oxygens (including phenoxy) is 1. The number of carbonyl (C=O) groups excluding carboxylic acids is 3. The van der Waals surface area contributed by atoms with Gasteiger partial charge in [-0.1, -0.05) is 59.7 Å². The molecule has 3 amide bonds. The number of thioether (sulfide) groups is 1. The van der Waals surface area contributed by atoms with Crippen LogP contribution in [0, 0.1) is 27.7 Å². The van der Waals surface area contributed by atoms with Crippen molar-refractivity contribution < 1.29 is 19.1 Å². The number of amides is 3. The molecule has 4 rings (SSSR count). The number of hydrogen-bond acceptors (Lipinski definition) is 5. The fourth-order valence-corrected chi connectivity index (χ4v) is 4.95. The van der Waals surface area contributed by atoms with Gasteiger partial charge in [0.2, 0.25) is 5.91 Å². The molecule has 0 aromatic heterocycles. The molecule has 1 aliphatic rings. The van der Waals surface area contributed by atoms with Crippen molar-refractivity contribution in [3.63, 3.8) is 0 Å². The zero-order valence-corrected chi connectivity index (χ0v) is 21.6. The third-order valence-electron chi connectivity index (χ3n) is 5.78. The van der Waals surface area contributed by atoms with Gasteiger partial charge in [0.25, 0.3) is 11.1 Å². The highest BCUT2D eigenvalue weighted by Gasteiger charge is 2.36. The third-order valence-corrected chi connectivity index (χ3v) is 6.69. The van der Waals surface area contributed by atoms with Gasteiger partial charge in [-0.15, -0.1) is 0 Å². The van der Waals surface area contributed by atoms with E-state index in [-0.39, 0.29) is 11.4 Å². The summed E-state index contributed by atoms with van der Waals surface area (Å²) in [5.74, 6) is -0.180. The summed E-state index contributed by atoms with van der Waals surface area (Å²) >= 11 is 0.834. The smallest absolute Gasteiger partial charge is 0.294 e. The van der Waals surface area contributed by atoms with E-state index in [0.29, 0.717) is 18.0 Å². The number of rotatable bonds is 7. The lowest BCUT2D eigenvalue weighted by molar-refractivity contribution is -0.127. The predicted octanol–water partition coefficient (Wildman–Crippen LogP) is 6.17. The van der Waals surface area contributed by atoms with E-state index >= 15 is 0 Å². The quantitative estimate of drug-likeness (QED) is 0.393. The molecule has 1 heterocycles. The molecule has 1 fully saturated rings. The number of carbonyl (C=O) groups is 3. The van der Waals surface area contributed by atoms with Crippen molar-refractivity contribution in [2.24, 2.45) is 0 Å². The van der Waals surface area contributed by atoms with Gasteiger partial charge in [0.05, 0.1) is 4.91 Å². The third kappa shape index (κ3) is 6.04. The van der Waals surface area contributed by atoms with Crippen molar-refractivity contribution in [2.45, 2.75) is 34.3 Å². The topological polar surface area (TPSA) is 75.7 Å². The molecule has 3 aromatic rings. The molecular formula is C29H28N2O4S. The van der Waals surface area contributed by atoms with Crippen LogP contribution < -0.4 is 10.1 Å². The van der Waals surface area contributed by atoms with E-state index < -0.39 is 17.1 Å². The molecule has 0 atom stereocenters. The van der Waals surface area contributed by atoms with E-state index in [4.69, 9.17) is 4.74 Å². The first-order valence-electron chi connectivity index (χ1n) is 11.6. The number of nitrogens with zero attached hydrogens (tertiary/aromatic N) is 1. The lowest BCUT2D eigenvalue weighted by Gasteiger charge is -2.15. The van der Waals surface area contributed by atoms with Crippen LogP contribution in [0.25, 0.3) is 6.08 Å². The second-order valence-corrected chi connectivity index (χ2v) is 9.93. The average molecular weight is 501 g/mol. The molecule has 0 bridgehead atoms. The van der Waals surface area contributed by atoms with Gasteiger partial charge >= 0.3 is 0 Å². The predicted molar refractivity (Wildman–Crippen MR) is 144 cm³/mol.